The van der Waals surface area contributed by atoms with E-state index in [-0.39, 0.29) is 6.04 Å². The summed E-state index contributed by atoms with van der Waals surface area (Å²) >= 11 is 0. The van der Waals surface area contributed by atoms with E-state index in [0.717, 1.165) is 7.11 Å². The van der Waals surface area contributed by atoms with E-state index in [1.54, 1.807) is 4.72 Å². The molecule has 0 aromatic rings. The first-order valence-electron chi connectivity index (χ1n) is 3.62. The third kappa shape index (κ3) is 3.17. The molecule has 0 spiro atoms. The molecule has 76 valence electrons. The van der Waals surface area contributed by atoms with Gasteiger partial charge in [-0.15, -0.1) is 0 Å². The molecule has 1 saturated heterocycles. The molecule has 0 radical (unpaired) electrons. The van der Waals surface area contributed by atoms with Crippen molar-refractivity contribution < 1.29 is 17.9 Å². The highest BCUT2D eigenvalue weighted by molar-refractivity contribution is 7.88. The Bertz CT molecular complexity index is 284. The number of rotatable bonds is 3. The first-order chi connectivity index (χ1) is 6.03. The Morgan fingerprint density at radius 2 is 2.15 bits per heavy atom. The van der Waals surface area contributed by atoms with E-state index in [9.17, 15) is 13.2 Å². The van der Waals surface area contributed by atoms with Crippen molar-refractivity contribution in [3.63, 3.8) is 0 Å². The highest BCUT2D eigenvalue weighted by atomic mass is 32.2. The fourth-order valence-corrected chi connectivity index (χ4v) is 1.74. The van der Waals surface area contributed by atoms with E-state index in [1.807, 2.05) is 0 Å². The van der Waals surface area contributed by atoms with Crippen molar-refractivity contribution in [2.45, 2.75) is 6.04 Å². The van der Waals surface area contributed by atoms with E-state index < -0.39 is 16.3 Å². The van der Waals surface area contributed by atoms with Crippen LogP contribution >= 0.6 is 0 Å². The molecule has 1 aliphatic rings. The van der Waals surface area contributed by atoms with E-state index in [1.165, 1.54) is 0 Å². The average Bonchev–Trinajstić information content (AvgIpc) is 1.96. The normalized spacial score (nSPS) is 17.6. The first-order valence-corrected chi connectivity index (χ1v) is 5.10. The van der Waals surface area contributed by atoms with Gasteiger partial charge in [0.15, 0.2) is 0 Å². The Morgan fingerprint density at radius 3 is 2.54 bits per heavy atom. The van der Waals surface area contributed by atoms with Crippen LogP contribution in [0.3, 0.4) is 0 Å². The summed E-state index contributed by atoms with van der Waals surface area (Å²) in [7, 11) is -2.67. The molecule has 1 amide bonds. The minimum Gasteiger partial charge on any atom is -0.452 e. The molecule has 1 rings (SSSR count). The van der Waals surface area contributed by atoms with Crippen LogP contribution in [0.15, 0.2) is 0 Å². The molecule has 0 bridgehead atoms. The van der Waals surface area contributed by atoms with Gasteiger partial charge in [-0.3, -0.25) is 0 Å². The average molecular weight is 209 g/mol. The standard InChI is InChI=1S/C5H11N3O4S/c1-12-5(9)8-13(10,11)7-4-2-6-3-4/h4,6-7H,2-3H2,1H3,(H,8,9). The number of carbonyl (C=O) groups excluding carboxylic acids is 1. The highest BCUT2D eigenvalue weighted by Gasteiger charge is 2.24. The number of ether oxygens (including phenoxy) is 1. The van der Waals surface area contributed by atoms with E-state index in [0.29, 0.717) is 13.1 Å². The maximum atomic E-state index is 11.1. The van der Waals surface area contributed by atoms with Crippen LogP contribution in [0.25, 0.3) is 0 Å². The van der Waals surface area contributed by atoms with Gasteiger partial charge in [-0.2, -0.15) is 13.1 Å². The van der Waals surface area contributed by atoms with Crippen molar-refractivity contribution >= 4 is 16.3 Å². The molecule has 0 aliphatic carbocycles. The molecule has 0 aromatic carbocycles. The second-order valence-electron chi connectivity index (χ2n) is 2.57. The molecule has 0 unspecified atom stereocenters. The van der Waals surface area contributed by atoms with Crippen molar-refractivity contribution in [1.29, 1.82) is 0 Å². The third-order valence-electron chi connectivity index (χ3n) is 1.51. The van der Waals surface area contributed by atoms with Crippen molar-refractivity contribution in [3.05, 3.63) is 0 Å². The first kappa shape index (κ1) is 10.2. The topological polar surface area (TPSA) is 96.5 Å². The summed E-state index contributed by atoms with van der Waals surface area (Å²) in [5, 5.41) is 2.88. The lowest BCUT2D eigenvalue weighted by atomic mass is 10.2. The summed E-state index contributed by atoms with van der Waals surface area (Å²) in [5.74, 6) is 0. The lowest BCUT2D eigenvalue weighted by Gasteiger charge is -2.27. The lowest BCUT2D eigenvalue weighted by molar-refractivity contribution is 0.177. The molecule has 0 saturated carbocycles. The summed E-state index contributed by atoms with van der Waals surface area (Å²) in [5.41, 5.74) is 0. The minimum atomic E-state index is -3.77. The molecule has 0 atom stereocenters. The van der Waals surface area contributed by atoms with Crippen LogP contribution in [-0.4, -0.2) is 40.8 Å². The van der Waals surface area contributed by atoms with Crippen molar-refractivity contribution in [2.75, 3.05) is 20.2 Å². The van der Waals surface area contributed by atoms with Crippen LogP contribution in [-0.2, 0) is 14.9 Å². The molecule has 1 heterocycles. The fraction of sp³-hybridized carbons (Fsp3) is 0.800. The Morgan fingerprint density at radius 1 is 1.54 bits per heavy atom. The van der Waals surface area contributed by atoms with Gasteiger partial charge >= 0.3 is 16.3 Å². The molecular weight excluding hydrogens is 198 g/mol. The number of carbonyl (C=O) groups is 1. The van der Waals surface area contributed by atoms with Gasteiger partial charge in [0.1, 0.15) is 0 Å². The molecule has 3 N–H and O–H groups in total. The van der Waals surface area contributed by atoms with Gasteiger partial charge in [0.2, 0.25) is 0 Å². The maximum absolute atomic E-state index is 11.1. The van der Waals surface area contributed by atoms with Crippen molar-refractivity contribution in [2.24, 2.45) is 0 Å². The van der Waals surface area contributed by atoms with Crippen molar-refractivity contribution in [3.8, 4) is 0 Å². The second-order valence-corrected chi connectivity index (χ2v) is 4.02. The SMILES string of the molecule is COC(=O)NS(=O)(=O)NC1CNC1. The smallest absolute Gasteiger partial charge is 0.421 e. The van der Waals surface area contributed by atoms with Crippen LogP contribution in [0.2, 0.25) is 0 Å². The van der Waals surface area contributed by atoms with E-state index >= 15 is 0 Å². The number of methoxy groups -OCH3 is 1. The van der Waals surface area contributed by atoms with Gasteiger partial charge in [0.25, 0.3) is 0 Å². The molecule has 7 nitrogen and oxygen atoms in total. The van der Waals surface area contributed by atoms with Gasteiger partial charge in [0.05, 0.1) is 7.11 Å². The van der Waals surface area contributed by atoms with Gasteiger partial charge in [-0.1, -0.05) is 0 Å². The highest BCUT2D eigenvalue weighted by Crippen LogP contribution is 1.92. The molecule has 8 heteroatoms. The zero-order valence-electron chi connectivity index (χ0n) is 7.03. The quantitative estimate of drug-likeness (QED) is 0.507. The summed E-state index contributed by atoms with van der Waals surface area (Å²) in [6.07, 6.45) is -1.00. The number of amides is 1. The zero-order chi connectivity index (χ0) is 9.90. The van der Waals surface area contributed by atoms with Gasteiger partial charge in [-0.25, -0.2) is 9.52 Å². The third-order valence-corrected chi connectivity index (χ3v) is 2.59. The monoisotopic (exact) mass is 209 g/mol. The molecule has 0 aromatic heterocycles. The Labute approximate surface area is 76.0 Å². The Hall–Kier alpha value is -0.860. The minimum absolute atomic E-state index is 0.151. The zero-order valence-corrected chi connectivity index (χ0v) is 7.85. The molecule has 1 fully saturated rings. The number of nitrogens with one attached hydrogen (secondary N) is 3. The maximum Gasteiger partial charge on any atom is 0.421 e. The van der Waals surface area contributed by atoms with Gasteiger partial charge < -0.3 is 10.1 Å². The number of hydrogen-bond acceptors (Lipinski definition) is 5. The van der Waals surface area contributed by atoms with E-state index in [2.05, 4.69) is 14.8 Å². The lowest BCUT2D eigenvalue weighted by Crippen LogP contribution is -2.59. The van der Waals surface area contributed by atoms with Crippen LogP contribution < -0.4 is 14.8 Å². The summed E-state index contributed by atoms with van der Waals surface area (Å²) in [6, 6.07) is -0.151. The van der Waals surface area contributed by atoms with E-state index in [4.69, 9.17) is 0 Å². The van der Waals surface area contributed by atoms with Crippen LogP contribution in [0.5, 0.6) is 0 Å². The fourth-order valence-electron chi connectivity index (χ4n) is 0.772. The second kappa shape index (κ2) is 3.90. The molecule has 1 aliphatic heterocycles. The Kier molecular flexibility index (Phi) is 3.07. The predicted molar refractivity (Wildman–Crippen MR) is 44.3 cm³/mol. The van der Waals surface area contributed by atoms with Crippen LogP contribution in [0.1, 0.15) is 0 Å². The number of hydrogen-bond donors (Lipinski definition) is 3. The molecular formula is C5H11N3O4S. The summed E-state index contributed by atoms with van der Waals surface area (Å²) in [4.78, 5) is 10.5. The van der Waals surface area contributed by atoms with Crippen LogP contribution in [0.4, 0.5) is 4.79 Å². The summed E-state index contributed by atoms with van der Waals surface area (Å²) in [6.45, 7) is 1.14. The van der Waals surface area contributed by atoms with Crippen LogP contribution in [0, 0.1) is 0 Å². The largest absolute Gasteiger partial charge is 0.452 e. The predicted octanol–water partition coefficient (Wildman–Crippen LogP) is -1.85. The Balaban J connectivity index is 2.40. The van der Waals surface area contributed by atoms with Gasteiger partial charge in [-0.05, 0) is 0 Å². The van der Waals surface area contributed by atoms with Gasteiger partial charge in [0, 0.05) is 19.1 Å². The molecule has 13 heavy (non-hydrogen) atoms. The summed E-state index contributed by atoms with van der Waals surface area (Å²) < 4.78 is 30.2. The van der Waals surface area contributed by atoms with Crippen molar-refractivity contribution in [1.82, 2.24) is 14.8 Å².